The van der Waals surface area contributed by atoms with Gasteiger partial charge < -0.3 is 5.32 Å². The highest BCUT2D eigenvalue weighted by molar-refractivity contribution is 4.76. The third-order valence-corrected chi connectivity index (χ3v) is 4.71. The Hall–Kier alpha value is -0.0400. The highest BCUT2D eigenvalue weighted by Crippen LogP contribution is 2.33. The number of rotatable bonds is 10. The summed E-state index contributed by atoms with van der Waals surface area (Å²) in [6.07, 6.45) is 17.6. The fourth-order valence-electron chi connectivity index (χ4n) is 3.56. The predicted octanol–water partition coefficient (Wildman–Crippen LogP) is 5.15. The Morgan fingerprint density at radius 2 is 1.44 bits per heavy atom. The Morgan fingerprint density at radius 3 is 2.11 bits per heavy atom. The second-order valence-electron chi connectivity index (χ2n) is 6.27. The van der Waals surface area contributed by atoms with Gasteiger partial charge in [-0.15, -0.1) is 0 Å². The lowest BCUT2D eigenvalue weighted by molar-refractivity contribution is 0.216. The van der Waals surface area contributed by atoms with E-state index in [9.17, 15) is 0 Å². The second kappa shape index (κ2) is 10.8. The summed E-state index contributed by atoms with van der Waals surface area (Å²) < 4.78 is 0. The molecular formula is C17H35N. The summed E-state index contributed by atoms with van der Waals surface area (Å²) in [4.78, 5) is 0. The highest BCUT2D eigenvalue weighted by Gasteiger charge is 2.23. The molecule has 0 aromatic carbocycles. The first-order chi connectivity index (χ1) is 8.88. The monoisotopic (exact) mass is 253 g/mol. The molecule has 0 aromatic heterocycles. The Kier molecular flexibility index (Phi) is 9.65. The molecule has 0 saturated heterocycles. The van der Waals surface area contributed by atoms with Gasteiger partial charge in [-0.3, -0.25) is 0 Å². The van der Waals surface area contributed by atoms with E-state index in [1.165, 1.54) is 83.6 Å². The van der Waals surface area contributed by atoms with Gasteiger partial charge in [-0.05, 0) is 31.8 Å². The molecule has 1 fully saturated rings. The molecule has 1 aliphatic rings. The van der Waals surface area contributed by atoms with Crippen LogP contribution in [0.25, 0.3) is 0 Å². The van der Waals surface area contributed by atoms with Crippen molar-refractivity contribution >= 4 is 0 Å². The summed E-state index contributed by atoms with van der Waals surface area (Å²) >= 11 is 0. The first-order valence-corrected chi connectivity index (χ1v) is 8.53. The maximum Gasteiger partial charge on any atom is -0.00209 e. The van der Waals surface area contributed by atoms with Crippen LogP contribution in [0, 0.1) is 11.8 Å². The molecule has 1 nitrogen and oxygen atoms in total. The summed E-state index contributed by atoms with van der Waals surface area (Å²) in [6, 6.07) is 0. The van der Waals surface area contributed by atoms with E-state index in [4.69, 9.17) is 0 Å². The molecule has 18 heavy (non-hydrogen) atoms. The van der Waals surface area contributed by atoms with E-state index >= 15 is 0 Å². The third-order valence-electron chi connectivity index (χ3n) is 4.71. The van der Waals surface area contributed by atoms with Crippen LogP contribution in [0.5, 0.6) is 0 Å². The van der Waals surface area contributed by atoms with Crippen molar-refractivity contribution in [2.24, 2.45) is 11.8 Å². The van der Waals surface area contributed by atoms with E-state index in [0.29, 0.717) is 0 Å². The summed E-state index contributed by atoms with van der Waals surface area (Å²) in [5.74, 6) is 2.01. The third kappa shape index (κ3) is 6.78. The van der Waals surface area contributed by atoms with Gasteiger partial charge in [0.1, 0.15) is 0 Å². The molecule has 0 aromatic rings. The van der Waals surface area contributed by atoms with Crippen molar-refractivity contribution in [3.8, 4) is 0 Å². The Balaban J connectivity index is 2.02. The van der Waals surface area contributed by atoms with E-state index in [2.05, 4.69) is 19.3 Å². The molecule has 2 unspecified atom stereocenters. The van der Waals surface area contributed by atoms with Gasteiger partial charge in [0, 0.05) is 0 Å². The number of hydrogen-bond donors (Lipinski definition) is 1. The summed E-state index contributed by atoms with van der Waals surface area (Å²) in [6.45, 7) is 3.55. The SMILES string of the molecule is CCCCCCCCCC1CCCCC1CNC. The lowest BCUT2D eigenvalue weighted by atomic mass is 9.76. The van der Waals surface area contributed by atoms with E-state index < -0.39 is 0 Å². The van der Waals surface area contributed by atoms with Crippen molar-refractivity contribution in [2.75, 3.05) is 13.6 Å². The average molecular weight is 253 g/mol. The number of hydrogen-bond acceptors (Lipinski definition) is 1. The largest absolute Gasteiger partial charge is 0.319 e. The van der Waals surface area contributed by atoms with Gasteiger partial charge in [0.2, 0.25) is 0 Å². The van der Waals surface area contributed by atoms with Crippen LogP contribution >= 0.6 is 0 Å². The zero-order valence-electron chi connectivity index (χ0n) is 12.8. The summed E-state index contributed by atoms with van der Waals surface area (Å²) in [5.41, 5.74) is 0. The maximum atomic E-state index is 3.39. The molecule has 0 amide bonds. The zero-order valence-corrected chi connectivity index (χ0v) is 12.8. The molecule has 1 rings (SSSR count). The molecular weight excluding hydrogens is 218 g/mol. The minimum absolute atomic E-state index is 0.976. The molecule has 0 radical (unpaired) electrons. The van der Waals surface area contributed by atoms with Crippen LogP contribution in [0.1, 0.15) is 84.0 Å². The predicted molar refractivity (Wildman–Crippen MR) is 82.0 cm³/mol. The highest BCUT2D eigenvalue weighted by atomic mass is 14.8. The van der Waals surface area contributed by atoms with Gasteiger partial charge in [-0.2, -0.15) is 0 Å². The fourth-order valence-corrected chi connectivity index (χ4v) is 3.56. The molecule has 0 bridgehead atoms. The van der Waals surface area contributed by atoms with E-state index in [0.717, 1.165) is 11.8 Å². The smallest absolute Gasteiger partial charge is 0.00209 e. The molecule has 1 N–H and O–H groups in total. The lowest BCUT2D eigenvalue weighted by Crippen LogP contribution is -2.28. The van der Waals surface area contributed by atoms with Crippen LogP contribution < -0.4 is 5.32 Å². The number of unbranched alkanes of at least 4 members (excludes halogenated alkanes) is 6. The van der Waals surface area contributed by atoms with Crippen LogP contribution in [0.4, 0.5) is 0 Å². The Bertz CT molecular complexity index is 176. The van der Waals surface area contributed by atoms with Crippen molar-refractivity contribution in [1.82, 2.24) is 5.32 Å². The topological polar surface area (TPSA) is 12.0 Å². The quantitative estimate of drug-likeness (QED) is 0.531. The van der Waals surface area contributed by atoms with Crippen molar-refractivity contribution in [2.45, 2.75) is 84.0 Å². The average Bonchev–Trinajstić information content (AvgIpc) is 2.40. The zero-order chi connectivity index (χ0) is 13.1. The molecule has 0 heterocycles. The van der Waals surface area contributed by atoms with Gasteiger partial charge in [0.15, 0.2) is 0 Å². The fraction of sp³-hybridized carbons (Fsp3) is 1.00. The van der Waals surface area contributed by atoms with Gasteiger partial charge in [-0.25, -0.2) is 0 Å². The molecule has 2 atom stereocenters. The summed E-state index contributed by atoms with van der Waals surface area (Å²) in [5, 5.41) is 3.39. The van der Waals surface area contributed by atoms with Crippen LogP contribution in [-0.2, 0) is 0 Å². The van der Waals surface area contributed by atoms with Gasteiger partial charge >= 0.3 is 0 Å². The van der Waals surface area contributed by atoms with Crippen LogP contribution in [0.15, 0.2) is 0 Å². The normalized spacial score (nSPS) is 24.3. The maximum absolute atomic E-state index is 3.39. The minimum Gasteiger partial charge on any atom is -0.319 e. The molecule has 108 valence electrons. The molecule has 0 aliphatic heterocycles. The molecule has 1 saturated carbocycles. The number of nitrogens with one attached hydrogen (secondary N) is 1. The van der Waals surface area contributed by atoms with Crippen molar-refractivity contribution in [1.29, 1.82) is 0 Å². The first-order valence-electron chi connectivity index (χ1n) is 8.53. The van der Waals surface area contributed by atoms with Crippen LogP contribution in [-0.4, -0.2) is 13.6 Å². The first kappa shape index (κ1) is 16.0. The van der Waals surface area contributed by atoms with Gasteiger partial charge in [0.25, 0.3) is 0 Å². The second-order valence-corrected chi connectivity index (χ2v) is 6.27. The minimum atomic E-state index is 0.976. The van der Waals surface area contributed by atoms with Crippen LogP contribution in [0.3, 0.4) is 0 Å². The van der Waals surface area contributed by atoms with E-state index in [1.807, 2.05) is 0 Å². The van der Waals surface area contributed by atoms with Crippen molar-refractivity contribution in [3.05, 3.63) is 0 Å². The van der Waals surface area contributed by atoms with Crippen LogP contribution in [0.2, 0.25) is 0 Å². The van der Waals surface area contributed by atoms with Crippen molar-refractivity contribution < 1.29 is 0 Å². The standard InChI is InChI=1S/C17H35N/c1-3-4-5-6-7-8-9-12-16-13-10-11-14-17(16)15-18-2/h16-18H,3-15H2,1-2H3. The van der Waals surface area contributed by atoms with Gasteiger partial charge in [0.05, 0.1) is 0 Å². The molecule has 1 heteroatoms. The Labute approximate surface area is 115 Å². The lowest BCUT2D eigenvalue weighted by Gasteiger charge is -2.31. The van der Waals surface area contributed by atoms with E-state index in [1.54, 1.807) is 0 Å². The molecule has 0 spiro atoms. The molecule has 1 aliphatic carbocycles. The van der Waals surface area contributed by atoms with Gasteiger partial charge in [-0.1, -0.05) is 77.6 Å². The van der Waals surface area contributed by atoms with Crippen molar-refractivity contribution in [3.63, 3.8) is 0 Å². The Morgan fingerprint density at radius 1 is 0.833 bits per heavy atom. The summed E-state index contributed by atoms with van der Waals surface area (Å²) in [7, 11) is 2.11. The van der Waals surface area contributed by atoms with E-state index in [-0.39, 0.29) is 0 Å².